The fraction of sp³-hybridized carbons (Fsp3) is 0.529. The van der Waals surface area contributed by atoms with Crippen LogP contribution in [0.5, 0.6) is 0 Å². The predicted molar refractivity (Wildman–Crippen MR) is 89.2 cm³/mol. The molecule has 0 atom stereocenters. The summed E-state index contributed by atoms with van der Waals surface area (Å²) in [5.41, 5.74) is 2.66. The van der Waals surface area contributed by atoms with E-state index in [0.29, 0.717) is 0 Å². The number of para-hydroxylation sites is 1. The highest BCUT2D eigenvalue weighted by atomic mass is 79.9. The zero-order chi connectivity index (χ0) is 13.9. The molecule has 1 aromatic carbocycles. The van der Waals surface area contributed by atoms with Gasteiger partial charge in [0.15, 0.2) is 0 Å². The average Bonchev–Trinajstić information content (AvgIpc) is 3.06. The second kappa shape index (κ2) is 6.31. The van der Waals surface area contributed by atoms with E-state index in [4.69, 9.17) is 0 Å². The summed E-state index contributed by atoms with van der Waals surface area (Å²) < 4.78 is 3.66. The molecule has 1 N–H and O–H groups in total. The van der Waals surface area contributed by atoms with Gasteiger partial charge >= 0.3 is 0 Å². The molecular weight excluding hydrogens is 312 g/mol. The molecule has 1 fully saturated rings. The van der Waals surface area contributed by atoms with E-state index in [1.54, 1.807) is 0 Å². The second-order valence-corrected chi connectivity index (χ2v) is 6.72. The number of nitrogens with zero attached hydrogens (tertiary/aromatic N) is 1. The summed E-state index contributed by atoms with van der Waals surface area (Å²) in [5, 5.41) is 4.96. The van der Waals surface area contributed by atoms with Crippen LogP contribution in [0.4, 0.5) is 0 Å². The molecule has 1 saturated carbocycles. The molecule has 1 heterocycles. The third-order valence-corrected chi connectivity index (χ3v) is 5.57. The highest BCUT2D eigenvalue weighted by Gasteiger charge is 2.14. The van der Waals surface area contributed by atoms with Crippen LogP contribution in [0.25, 0.3) is 10.9 Å². The molecule has 3 rings (SSSR count). The highest BCUT2D eigenvalue weighted by molar-refractivity contribution is 9.10. The van der Waals surface area contributed by atoms with Gasteiger partial charge in [0.2, 0.25) is 0 Å². The smallest absolute Gasteiger partial charge is 0.0494 e. The third kappa shape index (κ3) is 2.79. The Morgan fingerprint density at radius 3 is 2.80 bits per heavy atom. The van der Waals surface area contributed by atoms with Crippen LogP contribution < -0.4 is 5.32 Å². The molecule has 2 aromatic rings. The molecule has 1 aliphatic rings. The van der Waals surface area contributed by atoms with Gasteiger partial charge in [0, 0.05) is 34.2 Å². The summed E-state index contributed by atoms with van der Waals surface area (Å²) in [6.45, 7) is 5.49. The Kier molecular flexibility index (Phi) is 4.47. The van der Waals surface area contributed by atoms with E-state index in [1.807, 2.05) is 0 Å². The van der Waals surface area contributed by atoms with Gasteiger partial charge < -0.3 is 9.88 Å². The first-order chi connectivity index (χ1) is 9.77. The number of fused-ring (bicyclic) bond motifs is 1. The predicted octanol–water partition coefficient (Wildman–Crippen LogP) is 4.49. The Hall–Kier alpha value is -0.800. The van der Waals surface area contributed by atoms with Crippen molar-refractivity contribution in [1.82, 2.24) is 9.88 Å². The Balaban J connectivity index is 1.63. The van der Waals surface area contributed by atoms with Gasteiger partial charge in [-0.1, -0.05) is 31.0 Å². The Labute approximate surface area is 129 Å². The zero-order valence-electron chi connectivity index (χ0n) is 12.2. The zero-order valence-corrected chi connectivity index (χ0v) is 13.7. The van der Waals surface area contributed by atoms with Crippen molar-refractivity contribution in [2.24, 2.45) is 5.92 Å². The van der Waals surface area contributed by atoms with Crippen LogP contribution in [0, 0.1) is 12.8 Å². The monoisotopic (exact) mass is 334 g/mol. The lowest BCUT2D eigenvalue weighted by Gasteiger charge is -2.12. The molecule has 1 aromatic heterocycles. The van der Waals surface area contributed by atoms with Gasteiger partial charge in [-0.15, -0.1) is 0 Å². The molecule has 0 saturated heterocycles. The van der Waals surface area contributed by atoms with E-state index in [1.165, 1.54) is 53.3 Å². The topological polar surface area (TPSA) is 17.0 Å². The minimum atomic E-state index is 0.921. The second-order valence-electron chi connectivity index (χ2n) is 5.92. The Morgan fingerprint density at radius 2 is 2.00 bits per heavy atom. The molecule has 20 heavy (non-hydrogen) atoms. The number of hydrogen-bond donors (Lipinski definition) is 1. The van der Waals surface area contributed by atoms with Gasteiger partial charge in [0.25, 0.3) is 0 Å². The molecule has 0 radical (unpaired) electrons. The lowest BCUT2D eigenvalue weighted by Crippen LogP contribution is -2.25. The van der Waals surface area contributed by atoms with Gasteiger partial charge in [0.05, 0.1) is 0 Å². The minimum absolute atomic E-state index is 0.921. The summed E-state index contributed by atoms with van der Waals surface area (Å²) in [4.78, 5) is 0. The van der Waals surface area contributed by atoms with Crippen molar-refractivity contribution < 1.29 is 0 Å². The maximum atomic E-state index is 3.72. The summed E-state index contributed by atoms with van der Waals surface area (Å²) in [7, 11) is 0. The van der Waals surface area contributed by atoms with Crippen LogP contribution in [0.3, 0.4) is 0 Å². The Morgan fingerprint density at radius 1 is 1.25 bits per heavy atom. The lowest BCUT2D eigenvalue weighted by atomic mass is 10.1. The molecule has 0 amide bonds. The van der Waals surface area contributed by atoms with Gasteiger partial charge in [0.1, 0.15) is 0 Å². The van der Waals surface area contributed by atoms with Crippen molar-refractivity contribution in [2.75, 3.05) is 13.1 Å². The number of aromatic nitrogens is 1. The minimum Gasteiger partial charge on any atom is -0.342 e. The van der Waals surface area contributed by atoms with Crippen LogP contribution in [-0.4, -0.2) is 17.7 Å². The van der Waals surface area contributed by atoms with Gasteiger partial charge in [-0.3, -0.25) is 0 Å². The van der Waals surface area contributed by atoms with Crippen molar-refractivity contribution in [1.29, 1.82) is 0 Å². The third-order valence-electron chi connectivity index (χ3n) is 4.57. The van der Waals surface area contributed by atoms with Gasteiger partial charge in [-0.05, 0) is 54.2 Å². The van der Waals surface area contributed by atoms with Crippen LogP contribution >= 0.6 is 15.9 Å². The van der Waals surface area contributed by atoms with Crippen molar-refractivity contribution in [2.45, 2.75) is 39.2 Å². The van der Waals surface area contributed by atoms with E-state index >= 15 is 0 Å². The summed E-state index contributed by atoms with van der Waals surface area (Å²) in [6, 6.07) is 8.63. The largest absolute Gasteiger partial charge is 0.342 e. The number of rotatable bonds is 5. The molecule has 108 valence electrons. The first kappa shape index (κ1) is 14.2. The fourth-order valence-corrected chi connectivity index (χ4v) is 3.94. The molecule has 1 aliphatic carbocycles. The number of halogens is 1. The summed E-state index contributed by atoms with van der Waals surface area (Å²) in [6.07, 6.45) is 5.70. The summed E-state index contributed by atoms with van der Waals surface area (Å²) >= 11 is 3.72. The van der Waals surface area contributed by atoms with E-state index in [9.17, 15) is 0 Å². The maximum Gasteiger partial charge on any atom is 0.0494 e. The standard InChI is InChI=1S/C17H23BrN2/c1-13-17(18)15-8-4-5-9-16(15)20(13)11-10-19-12-14-6-2-3-7-14/h4-5,8-9,14,19H,2-3,6-7,10-12H2,1H3. The van der Waals surface area contributed by atoms with Crippen LogP contribution in [0.15, 0.2) is 28.7 Å². The van der Waals surface area contributed by atoms with Crippen molar-refractivity contribution in [3.05, 3.63) is 34.4 Å². The molecule has 0 spiro atoms. The lowest BCUT2D eigenvalue weighted by molar-refractivity contribution is 0.477. The molecule has 0 unspecified atom stereocenters. The first-order valence-corrected chi connectivity index (χ1v) is 8.50. The van der Waals surface area contributed by atoms with Crippen molar-refractivity contribution in [3.63, 3.8) is 0 Å². The SMILES string of the molecule is Cc1c(Br)c2ccccc2n1CCNCC1CCCC1. The first-order valence-electron chi connectivity index (χ1n) is 7.71. The van der Waals surface area contributed by atoms with Crippen LogP contribution in [0.1, 0.15) is 31.4 Å². The van der Waals surface area contributed by atoms with E-state index < -0.39 is 0 Å². The van der Waals surface area contributed by atoms with Crippen LogP contribution in [-0.2, 0) is 6.54 Å². The number of hydrogen-bond acceptors (Lipinski definition) is 1. The molecule has 3 heteroatoms. The Bertz CT molecular complexity index is 582. The van der Waals surface area contributed by atoms with Crippen molar-refractivity contribution in [3.8, 4) is 0 Å². The van der Waals surface area contributed by atoms with E-state index in [2.05, 4.69) is 57.0 Å². The molecule has 0 aliphatic heterocycles. The quantitative estimate of drug-likeness (QED) is 0.797. The van der Waals surface area contributed by atoms with E-state index in [-0.39, 0.29) is 0 Å². The van der Waals surface area contributed by atoms with E-state index in [0.717, 1.165) is 19.0 Å². The van der Waals surface area contributed by atoms with Crippen LogP contribution in [0.2, 0.25) is 0 Å². The number of nitrogens with one attached hydrogen (secondary N) is 1. The molecular formula is C17H23BrN2. The fourth-order valence-electron chi connectivity index (χ4n) is 3.39. The average molecular weight is 335 g/mol. The normalized spacial score (nSPS) is 16.3. The molecule has 0 bridgehead atoms. The van der Waals surface area contributed by atoms with Gasteiger partial charge in [-0.2, -0.15) is 0 Å². The molecule has 2 nitrogen and oxygen atoms in total. The summed E-state index contributed by atoms with van der Waals surface area (Å²) in [5.74, 6) is 0.921. The van der Waals surface area contributed by atoms with Gasteiger partial charge in [-0.25, -0.2) is 0 Å². The number of benzene rings is 1. The van der Waals surface area contributed by atoms with Crippen molar-refractivity contribution >= 4 is 26.8 Å². The highest BCUT2D eigenvalue weighted by Crippen LogP contribution is 2.30. The maximum absolute atomic E-state index is 3.72.